The van der Waals surface area contributed by atoms with E-state index in [9.17, 15) is 23.1 Å². The lowest BCUT2D eigenvalue weighted by Gasteiger charge is -2.22. The third kappa shape index (κ3) is 5.08. The number of hydrogen-bond donors (Lipinski definition) is 2. The molecule has 2 N–H and O–H groups in total. The van der Waals surface area contributed by atoms with Crippen LogP contribution >= 0.6 is 23.5 Å². The van der Waals surface area contributed by atoms with Gasteiger partial charge in [0.05, 0.1) is 27.8 Å². The number of aromatic nitrogens is 2. The number of fused-ring (bicyclic) bond motifs is 1. The number of carbonyl (C=O) groups excluding carboxylic acids is 1. The SMILES string of the molecule is CCSC1=NC(=O)C(=C(Cc2ccc(C(C)(C)O)cc2C(F)(F)F)c2ccc3[nH]ncc3c2)S1. The van der Waals surface area contributed by atoms with Crippen LogP contribution in [-0.4, -0.2) is 31.3 Å². The topological polar surface area (TPSA) is 78.3 Å². The molecule has 1 aliphatic rings. The van der Waals surface area contributed by atoms with E-state index in [1.165, 1.54) is 49.5 Å². The Bertz CT molecular complexity index is 1320. The summed E-state index contributed by atoms with van der Waals surface area (Å²) in [5.74, 6) is 0.268. The number of thioether (sulfide) groups is 2. The van der Waals surface area contributed by atoms with Crippen LogP contribution in [0.4, 0.5) is 13.2 Å². The first-order valence-corrected chi connectivity index (χ1v) is 12.3. The molecule has 2 heterocycles. The fourth-order valence-electron chi connectivity index (χ4n) is 3.67. The third-order valence-electron chi connectivity index (χ3n) is 5.40. The molecule has 0 saturated carbocycles. The second kappa shape index (κ2) is 9.24. The number of rotatable bonds is 5. The van der Waals surface area contributed by atoms with Gasteiger partial charge in [0.1, 0.15) is 4.38 Å². The molecule has 0 atom stereocenters. The van der Waals surface area contributed by atoms with Crippen molar-refractivity contribution in [2.75, 3.05) is 5.75 Å². The maximum atomic E-state index is 14.0. The molecule has 0 unspecified atom stereocenters. The van der Waals surface area contributed by atoms with Gasteiger partial charge in [-0.1, -0.05) is 48.6 Å². The van der Waals surface area contributed by atoms with Crippen molar-refractivity contribution in [3.05, 3.63) is 69.8 Å². The van der Waals surface area contributed by atoms with Crippen LogP contribution < -0.4 is 0 Å². The summed E-state index contributed by atoms with van der Waals surface area (Å²) in [6.45, 7) is 4.81. The summed E-state index contributed by atoms with van der Waals surface area (Å²) in [6.07, 6.45) is -3.13. The molecule has 1 aromatic heterocycles. The van der Waals surface area contributed by atoms with Crippen LogP contribution in [0.5, 0.6) is 0 Å². The Hall–Kier alpha value is -2.56. The van der Waals surface area contributed by atoms with Crippen molar-refractivity contribution in [3.8, 4) is 0 Å². The molecule has 10 heteroatoms. The smallest absolute Gasteiger partial charge is 0.386 e. The Morgan fingerprint density at radius 1 is 1.18 bits per heavy atom. The van der Waals surface area contributed by atoms with Gasteiger partial charge in [-0.2, -0.15) is 23.3 Å². The van der Waals surface area contributed by atoms with Crippen LogP contribution in [0.15, 0.2) is 52.5 Å². The van der Waals surface area contributed by atoms with E-state index in [1.54, 1.807) is 24.4 Å². The average Bonchev–Trinajstić information content (AvgIpc) is 3.36. The average molecular weight is 506 g/mol. The molecule has 1 aliphatic heterocycles. The first kappa shape index (κ1) is 24.6. The lowest BCUT2D eigenvalue weighted by Crippen LogP contribution is -2.18. The number of benzene rings is 2. The molecule has 2 aromatic carbocycles. The van der Waals surface area contributed by atoms with Crippen LogP contribution in [0.1, 0.15) is 43.0 Å². The summed E-state index contributed by atoms with van der Waals surface area (Å²) >= 11 is 2.61. The van der Waals surface area contributed by atoms with Crippen molar-refractivity contribution < 1.29 is 23.1 Å². The van der Waals surface area contributed by atoms with Crippen LogP contribution in [-0.2, 0) is 23.0 Å². The minimum atomic E-state index is -4.63. The highest BCUT2D eigenvalue weighted by molar-refractivity contribution is 8.41. The number of aromatic amines is 1. The molecule has 0 fully saturated rings. The lowest BCUT2D eigenvalue weighted by atomic mass is 9.89. The number of H-pyrrole nitrogens is 1. The van der Waals surface area contributed by atoms with E-state index in [-0.39, 0.29) is 17.5 Å². The summed E-state index contributed by atoms with van der Waals surface area (Å²) in [4.78, 5) is 17.2. The molecule has 1 amide bonds. The number of nitrogens with one attached hydrogen (secondary N) is 1. The van der Waals surface area contributed by atoms with Crippen molar-refractivity contribution in [2.24, 2.45) is 4.99 Å². The summed E-state index contributed by atoms with van der Waals surface area (Å²) in [7, 11) is 0. The Kier molecular flexibility index (Phi) is 6.67. The number of hydrogen-bond acceptors (Lipinski definition) is 5. The van der Waals surface area contributed by atoms with Gasteiger partial charge in [0.25, 0.3) is 5.91 Å². The molecule has 0 bridgehead atoms. The zero-order chi connectivity index (χ0) is 24.7. The van der Waals surface area contributed by atoms with Gasteiger partial charge in [0.2, 0.25) is 0 Å². The number of aliphatic hydroxyl groups is 1. The van der Waals surface area contributed by atoms with E-state index in [0.29, 0.717) is 20.4 Å². The summed E-state index contributed by atoms with van der Waals surface area (Å²) in [6, 6.07) is 9.20. The Balaban J connectivity index is 1.86. The van der Waals surface area contributed by atoms with Crippen molar-refractivity contribution in [3.63, 3.8) is 0 Å². The molecule has 178 valence electrons. The molecule has 4 rings (SSSR count). The van der Waals surface area contributed by atoms with Crippen LogP contribution in [0.25, 0.3) is 16.5 Å². The van der Waals surface area contributed by atoms with Crippen molar-refractivity contribution >= 4 is 50.3 Å². The molecular formula is C24H22F3N3O2S2. The highest BCUT2D eigenvalue weighted by Crippen LogP contribution is 2.42. The largest absolute Gasteiger partial charge is 0.416 e. The number of amides is 1. The maximum absolute atomic E-state index is 14.0. The van der Waals surface area contributed by atoms with Crippen molar-refractivity contribution in [1.29, 1.82) is 0 Å². The zero-order valence-corrected chi connectivity index (χ0v) is 20.3. The van der Waals surface area contributed by atoms with Crippen molar-refractivity contribution in [1.82, 2.24) is 10.2 Å². The monoisotopic (exact) mass is 505 g/mol. The normalized spacial score (nSPS) is 16.3. The fourth-order valence-corrected chi connectivity index (χ4v) is 5.66. The van der Waals surface area contributed by atoms with E-state index in [1.807, 2.05) is 6.92 Å². The number of halogens is 3. The molecule has 3 aromatic rings. The standard InChI is InChI=1S/C24H22F3N3O2S2/c1-4-33-22-29-21(31)20(34-22)17(13-6-8-19-15(9-13)12-28-30-19)10-14-5-7-16(23(2,3)32)11-18(14)24(25,26)27/h5-9,11-12,32H,4,10H2,1-3H3,(H,28,30). The molecule has 5 nitrogen and oxygen atoms in total. The number of allylic oxidation sites excluding steroid dienone is 1. The molecule has 0 radical (unpaired) electrons. The quantitative estimate of drug-likeness (QED) is 0.407. The highest BCUT2D eigenvalue weighted by atomic mass is 32.2. The fraction of sp³-hybridized carbons (Fsp3) is 0.292. The second-order valence-electron chi connectivity index (χ2n) is 8.30. The summed E-state index contributed by atoms with van der Waals surface area (Å²) < 4.78 is 42.7. The van der Waals surface area contributed by atoms with Gasteiger partial charge >= 0.3 is 6.18 Å². The number of carbonyl (C=O) groups is 1. The third-order valence-corrected chi connectivity index (χ3v) is 7.52. The molecule has 34 heavy (non-hydrogen) atoms. The Morgan fingerprint density at radius 3 is 2.62 bits per heavy atom. The van der Waals surface area contributed by atoms with Gasteiger partial charge < -0.3 is 5.11 Å². The van der Waals surface area contributed by atoms with Gasteiger partial charge in [0, 0.05) is 5.39 Å². The van der Waals surface area contributed by atoms with E-state index in [2.05, 4.69) is 15.2 Å². The number of alkyl halides is 3. The molecule has 0 aliphatic carbocycles. The summed E-state index contributed by atoms with van der Waals surface area (Å²) in [5.41, 5.74) is -0.216. The Morgan fingerprint density at radius 2 is 1.94 bits per heavy atom. The van der Waals surface area contributed by atoms with Gasteiger partial charge in [-0.25, -0.2) is 0 Å². The molecule has 0 spiro atoms. The summed E-state index contributed by atoms with van der Waals surface area (Å²) in [5, 5.41) is 17.9. The molecular weight excluding hydrogens is 483 g/mol. The van der Waals surface area contributed by atoms with Gasteiger partial charge in [-0.05, 0) is 66.5 Å². The number of nitrogens with zero attached hydrogens (tertiary/aromatic N) is 2. The van der Waals surface area contributed by atoms with E-state index < -0.39 is 23.2 Å². The van der Waals surface area contributed by atoms with Crippen LogP contribution in [0.2, 0.25) is 0 Å². The predicted molar refractivity (Wildman–Crippen MR) is 132 cm³/mol. The Labute approximate surface area is 202 Å². The highest BCUT2D eigenvalue weighted by Gasteiger charge is 2.36. The maximum Gasteiger partial charge on any atom is 0.416 e. The first-order valence-electron chi connectivity index (χ1n) is 10.5. The second-order valence-corrected chi connectivity index (χ2v) is 10.8. The minimum absolute atomic E-state index is 0.0142. The lowest BCUT2D eigenvalue weighted by molar-refractivity contribution is -0.138. The van der Waals surface area contributed by atoms with Gasteiger partial charge in [-0.15, -0.1) is 0 Å². The predicted octanol–water partition coefficient (Wildman–Crippen LogP) is 6.15. The van der Waals surface area contributed by atoms with Crippen LogP contribution in [0.3, 0.4) is 0 Å². The van der Waals surface area contributed by atoms with Crippen LogP contribution in [0, 0.1) is 0 Å². The zero-order valence-electron chi connectivity index (χ0n) is 18.7. The first-order chi connectivity index (χ1) is 16.0. The van der Waals surface area contributed by atoms with Crippen molar-refractivity contribution in [2.45, 2.75) is 39.0 Å². The van der Waals surface area contributed by atoms with E-state index >= 15 is 0 Å². The van der Waals surface area contributed by atoms with E-state index in [4.69, 9.17) is 0 Å². The van der Waals surface area contributed by atoms with Gasteiger partial charge in [-0.3, -0.25) is 9.89 Å². The number of aliphatic imine (C=N–C) groups is 1. The molecule has 0 saturated heterocycles. The minimum Gasteiger partial charge on any atom is -0.386 e. The van der Waals surface area contributed by atoms with E-state index in [0.717, 1.165) is 22.7 Å². The van der Waals surface area contributed by atoms with Gasteiger partial charge in [0.15, 0.2) is 0 Å².